The number of benzene rings is 5. The molecule has 0 fully saturated rings. The summed E-state index contributed by atoms with van der Waals surface area (Å²) in [6, 6.07) is 29.7. The van der Waals surface area contributed by atoms with Gasteiger partial charge in [-0.1, -0.05) is 61.7 Å². The van der Waals surface area contributed by atoms with E-state index in [0.717, 1.165) is 45.4 Å². The highest BCUT2D eigenvalue weighted by molar-refractivity contribution is 6.05. The number of carbonyl (C=O) groups is 2. The quantitative estimate of drug-likeness (QED) is 0.0695. The molecule has 0 amide bonds. The van der Waals surface area contributed by atoms with Crippen molar-refractivity contribution >= 4 is 22.7 Å². The number of fused-ring (bicyclic) bond motifs is 5. The molecule has 6 rings (SSSR count). The molecule has 50 heavy (non-hydrogen) atoms. The first-order valence-electron chi connectivity index (χ1n) is 16.5. The molecule has 1 aliphatic carbocycles. The number of carbonyl (C=O) groups excluding carboxylic acids is 2. The molecule has 0 radical (unpaired) electrons. The zero-order chi connectivity index (χ0) is 35.4. The van der Waals surface area contributed by atoms with Crippen molar-refractivity contribution in [3.05, 3.63) is 149 Å². The van der Waals surface area contributed by atoms with Crippen LogP contribution in [0.2, 0.25) is 0 Å². The Labute approximate surface area is 292 Å². The Hall–Kier alpha value is -5.82. The Kier molecular flexibility index (Phi) is 9.77. The number of ether oxygens (including phenoxy) is 5. The van der Waals surface area contributed by atoms with Crippen molar-refractivity contribution in [2.75, 3.05) is 33.5 Å². The van der Waals surface area contributed by atoms with E-state index in [1.54, 1.807) is 7.11 Å². The van der Waals surface area contributed by atoms with Crippen molar-refractivity contribution in [2.24, 2.45) is 0 Å². The predicted octanol–water partition coefficient (Wildman–Crippen LogP) is 8.35. The van der Waals surface area contributed by atoms with Crippen LogP contribution in [0.5, 0.6) is 17.2 Å². The molecule has 0 bridgehead atoms. The fourth-order valence-electron chi connectivity index (χ4n) is 6.87. The maximum atomic E-state index is 11.5. The summed E-state index contributed by atoms with van der Waals surface area (Å²) >= 11 is 0. The molecule has 1 aliphatic rings. The van der Waals surface area contributed by atoms with E-state index in [1.807, 2.05) is 24.3 Å². The van der Waals surface area contributed by atoms with Gasteiger partial charge in [-0.2, -0.15) is 0 Å². The largest absolute Gasteiger partial charge is 0.496 e. The molecular weight excluding hydrogens is 628 g/mol. The lowest BCUT2D eigenvalue weighted by Crippen LogP contribution is -2.28. The average Bonchev–Trinajstić information content (AvgIpc) is 3.41. The predicted molar refractivity (Wildman–Crippen MR) is 195 cm³/mol. The van der Waals surface area contributed by atoms with Crippen molar-refractivity contribution in [3.63, 3.8) is 0 Å². The molecule has 7 heteroatoms. The molecule has 0 aromatic heterocycles. The molecular formula is C43H40O7. The molecule has 5 aromatic carbocycles. The summed E-state index contributed by atoms with van der Waals surface area (Å²) < 4.78 is 27.7. The van der Waals surface area contributed by atoms with E-state index in [1.165, 1.54) is 33.4 Å². The smallest absolute Gasteiger partial charge is 0.330 e. The lowest BCUT2D eigenvalue weighted by Gasteiger charge is -2.34. The molecule has 7 nitrogen and oxygen atoms in total. The van der Waals surface area contributed by atoms with E-state index >= 15 is 0 Å². The van der Waals surface area contributed by atoms with Crippen LogP contribution in [0.25, 0.3) is 21.9 Å². The van der Waals surface area contributed by atoms with Gasteiger partial charge in [0.2, 0.25) is 0 Å². The van der Waals surface area contributed by atoms with Gasteiger partial charge in [0.15, 0.2) is 0 Å². The lowest BCUT2D eigenvalue weighted by molar-refractivity contribution is -0.139. The first kappa shape index (κ1) is 34.1. The number of rotatable bonds is 13. The Balaban J connectivity index is 1.50. The van der Waals surface area contributed by atoms with Gasteiger partial charge >= 0.3 is 11.9 Å². The maximum absolute atomic E-state index is 11.5. The van der Waals surface area contributed by atoms with Crippen LogP contribution in [0.15, 0.2) is 110 Å². The zero-order valence-electron chi connectivity index (χ0n) is 28.8. The van der Waals surface area contributed by atoms with E-state index in [0.29, 0.717) is 11.5 Å². The van der Waals surface area contributed by atoms with Gasteiger partial charge in [-0.05, 0) is 118 Å². The third kappa shape index (κ3) is 6.23. The Morgan fingerprint density at radius 3 is 1.70 bits per heavy atom. The van der Waals surface area contributed by atoms with Crippen LogP contribution < -0.4 is 14.2 Å². The fraction of sp³-hybridized carbons (Fsp3) is 0.209. The summed E-state index contributed by atoms with van der Waals surface area (Å²) in [5.74, 6) is 1.22. The Bertz CT molecular complexity index is 2020. The molecule has 254 valence electrons. The number of methoxy groups -OCH3 is 1. The SMILES string of the molecule is C=CC(=O)OCCOc1ccc(C2(c3ccc(OCCOC(=O)C=C)cc3)c3cc(C)c(C)cc3-c3c2ccc2cc(OC)c(C)cc32)cc1. The van der Waals surface area contributed by atoms with Gasteiger partial charge < -0.3 is 23.7 Å². The van der Waals surface area contributed by atoms with Crippen LogP contribution in [-0.2, 0) is 24.5 Å². The average molecular weight is 669 g/mol. The van der Waals surface area contributed by atoms with Crippen molar-refractivity contribution < 1.29 is 33.3 Å². The molecule has 5 aromatic rings. The normalized spacial score (nSPS) is 12.4. The summed E-state index contributed by atoms with van der Waals surface area (Å²) in [6.45, 7) is 13.9. The minimum absolute atomic E-state index is 0.123. The summed E-state index contributed by atoms with van der Waals surface area (Å²) in [4.78, 5) is 22.9. The second-order valence-electron chi connectivity index (χ2n) is 12.3. The standard InChI is InChI=1S/C43H40O7/c1-7-40(44)49-21-19-47-33-14-10-31(11-15-33)43(32-12-16-34(17-13-32)48-20-22-50-41(45)8-2)37-18-9-30-26-39(46-6)29(5)24-35(30)42(37)36-23-27(3)28(4)25-38(36)43/h7-18,23-26H,1-2,19-22H2,3-6H3. The number of aryl methyl sites for hydroxylation is 3. The van der Waals surface area contributed by atoms with Crippen LogP contribution in [0.1, 0.15) is 38.9 Å². The monoisotopic (exact) mass is 668 g/mol. The molecule has 0 atom stereocenters. The summed E-state index contributed by atoms with van der Waals surface area (Å²) in [5, 5.41) is 2.27. The van der Waals surface area contributed by atoms with Crippen molar-refractivity contribution in [2.45, 2.75) is 26.2 Å². The number of hydrogen-bond acceptors (Lipinski definition) is 7. The van der Waals surface area contributed by atoms with E-state index < -0.39 is 17.4 Å². The minimum Gasteiger partial charge on any atom is -0.496 e. The van der Waals surface area contributed by atoms with Crippen LogP contribution in [0.4, 0.5) is 0 Å². The van der Waals surface area contributed by atoms with Gasteiger partial charge in [0.25, 0.3) is 0 Å². The molecule has 0 N–H and O–H groups in total. The van der Waals surface area contributed by atoms with Gasteiger partial charge in [-0.25, -0.2) is 9.59 Å². The highest BCUT2D eigenvalue weighted by Crippen LogP contribution is 2.58. The van der Waals surface area contributed by atoms with Crippen LogP contribution >= 0.6 is 0 Å². The minimum atomic E-state index is -0.679. The third-order valence-corrected chi connectivity index (χ3v) is 9.35. The molecule has 0 aliphatic heterocycles. The highest BCUT2D eigenvalue weighted by atomic mass is 16.6. The van der Waals surface area contributed by atoms with E-state index in [4.69, 9.17) is 23.7 Å². The zero-order valence-corrected chi connectivity index (χ0v) is 28.8. The van der Waals surface area contributed by atoms with Gasteiger partial charge in [0.1, 0.15) is 43.7 Å². The molecule has 0 unspecified atom stereocenters. The van der Waals surface area contributed by atoms with Crippen LogP contribution in [0, 0.1) is 20.8 Å². The third-order valence-electron chi connectivity index (χ3n) is 9.35. The van der Waals surface area contributed by atoms with E-state index in [9.17, 15) is 9.59 Å². The van der Waals surface area contributed by atoms with Gasteiger partial charge in [0.05, 0.1) is 12.5 Å². The number of esters is 2. The molecule has 0 heterocycles. The highest BCUT2D eigenvalue weighted by Gasteiger charge is 2.47. The van der Waals surface area contributed by atoms with Gasteiger partial charge in [0, 0.05) is 12.2 Å². The first-order chi connectivity index (χ1) is 24.2. The van der Waals surface area contributed by atoms with E-state index in [-0.39, 0.29) is 26.4 Å². The molecule has 0 saturated heterocycles. The second kappa shape index (κ2) is 14.3. The Morgan fingerprint density at radius 1 is 0.640 bits per heavy atom. The summed E-state index contributed by atoms with van der Waals surface area (Å²) in [5.41, 5.74) is 9.68. The maximum Gasteiger partial charge on any atom is 0.330 e. The van der Waals surface area contributed by atoms with Gasteiger partial charge in [-0.3, -0.25) is 0 Å². The Morgan fingerprint density at radius 2 is 1.18 bits per heavy atom. The van der Waals surface area contributed by atoms with Crippen molar-refractivity contribution in [3.8, 4) is 28.4 Å². The van der Waals surface area contributed by atoms with Gasteiger partial charge in [-0.15, -0.1) is 0 Å². The van der Waals surface area contributed by atoms with Crippen LogP contribution in [0.3, 0.4) is 0 Å². The van der Waals surface area contributed by atoms with Crippen molar-refractivity contribution in [1.29, 1.82) is 0 Å². The van der Waals surface area contributed by atoms with E-state index in [2.05, 4.69) is 94.6 Å². The van der Waals surface area contributed by atoms with Crippen LogP contribution in [-0.4, -0.2) is 45.5 Å². The second-order valence-corrected chi connectivity index (χ2v) is 12.3. The summed E-state index contributed by atoms with van der Waals surface area (Å²) in [6.07, 6.45) is 2.27. The first-order valence-corrected chi connectivity index (χ1v) is 16.5. The molecule has 0 saturated carbocycles. The molecule has 0 spiro atoms. The lowest BCUT2D eigenvalue weighted by atomic mass is 9.67. The fourth-order valence-corrected chi connectivity index (χ4v) is 6.87. The number of hydrogen-bond donors (Lipinski definition) is 0. The van der Waals surface area contributed by atoms with Crippen molar-refractivity contribution in [1.82, 2.24) is 0 Å². The topological polar surface area (TPSA) is 80.3 Å². The summed E-state index contributed by atoms with van der Waals surface area (Å²) in [7, 11) is 1.70.